The lowest BCUT2D eigenvalue weighted by Gasteiger charge is -2.12. The Labute approximate surface area is 182 Å². The van der Waals surface area contributed by atoms with E-state index in [1.54, 1.807) is 29.0 Å². The summed E-state index contributed by atoms with van der Waals surface area (Å²) in [5.74, 6) is -1.06. The minimum atomic E-state index is -0.536. The summed E-state index contributed by atoms with van der Waals surface area (Å²) in [6.07, 6.45) is 1.72. The van der Waals surface area contributed by atoms with E-state index in [1.807, 2.05) is 43.3 Å². The van der Waals surface area contributed by atoms with Crippen LogP contribution in [0, 0.1) is 12.7 Å². The van der Waals surface area contributed by atoms with Gasteiger partial charge in [0, 0.05) is 12.7 Å². The summed E-state index contributed by atoms with van der Waals surface area (Å²) < 4.78 is 17.3. The summed E-state index contributed by atoms with van der Waals surface area (Å²) in [4.78, 5) is 31.1. The van der Waals surface area contributed by atoms with Crippen LogP contribution in [0.15, 0.2) is 83.8 Å². The molecule has 3 heterocycles. The lowest BCUT2D eigenvalue weighted by molar-refractivity contribution is 0.101. The number of carbonyl (C=O) groups is 1. The number of nitrogens with zero attached hydrogens (tertiary/aromatic N) is 3. The predicted molar refractivity (Wildman–Crippen MR) is 122 cm³/mol. The number of aryl methyl sites for hydroxylation is 1. The summed E-state index contributed by atoms with van der Waals surface area (Å²) in [6, 6.07) is 20.7. The Morgan fingerprint density at radius 2 is 1.78 bits per heavy atom. The van der Waals surface area contributed by atoms with Crippen LogP contribution in [0.3, 0.4) is 0 Å². The molecule has 1 amide bonds. The van der Waals surface area contributed by atoms with Crippen LogP contribution in [0.1, 0.15) is 21.6 Å². The average molecular weight is 426 g/mol. The van der Waals surface area contributed by atoms with Gasteiger partial charge in [0.15, 0.2) is 0 Å². The maximum atomic E-state index is 14.1. The third kappa shape index (κ3) is 3.43. The number of rotatable bonds is 4. The summed E-state index contributed by atoms with van der Waals surface area (Å²) in [7, 11) is 0. The van der Waals surface area contributed by atoms with Crippen molar-refractivity contribution in [2.24, 2.45) is 0 Å². The molecule has 0 bridgehead atoms. The Kier molecular flexibility index (Phi) is 4.78. The molecule has 0 saturated carbocycles. The van der Waals surface area contributed by atoms with Gasteiger partial charge in [0.2, 0.25) is 0 Å². The van der Waals surface area contributed by atoms with Gasteiger partial charge in [0.05, 0.1) is 11.1 Å². The third-order valence-corrected chi connectivity index (χ3v) is 5.35. The highest BCUT2D eigenvalue weighted by atomic mass is 19.1. The van der Waals surface area contributed by atoms with E-state index in [1.165, 1.54) is 22.6 Å². The first-order valence-electron chi connectivity index (χ1n) is 10.1. The number of hydrogen-bond acceptors (Lipinski definition) is 3. The number of carbonyl (C=O) groups excluding carboxylic acids is 1. The predicted octanol–water partition coefficient (Wildman–Crippen LogP) is 4.40. The number of para-hydroxylation sites is 1. The maximum Gasteiger partial charge on any atom is 0.272 e. The van der Waals surface area contributed by atoms with E-state index in [4.69, 9.17) is 0 Å². The number of fused-ring (bicyclic) bond motifs is 2. The minimum absolute atomic E-state index is 0.0690. The molecule has 3 aromatic heterocycles. The van der Waals surface area contributed by atoms with Gasteiger partial charge in [-0.1, -0.05) is 48.5 Å². The first-order valence-corrected chi connectivity index (χ1v) is 10.1. The van der Waals surface area contributed by atoms with Crippen LogP contribution in [0.4, 0.5) is 10.1 Å². The van der Waals surface area contributed by atoms with E-state index >= 15 is 0 Å². The fourth-order valence-electron chi connectivity index (χ4n) is 3.77. The number of amides is 1. The Bertz CT molecular complexity index is 1540. The van der Waals surface area contributed by atoms with Crippen molar-refractivity contribution >= 4 is 28.3 Å². The Morgan fingerprint density at radius 1 is 1.03 bits per heavy atom. The van der Waals surface area contributed by atoms with E-state index in [2.05, 4.69) is 10.3 Å². The molecule has 0 radical (unpaired) electrons. The molecule has 0 atom stereocenters. The van der Waals surface area contributed by atoms with Gasteiger partial charge in [-0.25, -0.2) is 9.37 Å². The first-order chi connectivity index (χ1) is 15.5. The summed E-state index contributed by atoms with van der Waals surface area (Å²) >= 11 is 0. The second kappa shape index (κ2) is 7.77. The van der Waals surface area contributed by atoms with Crippen molar-refractivity contribution in [2.45, 2.75) is 13.5 Å². The van der Waals surface area contributed by atoms with Crippen LogP contribution in [0.2, 0.25) is 0 Å². The fourth-order valence-corrected chi connectivity index (χ4v) is 3.77. The molecule has 0 unspecified atom stereocenters. The van der Waals surface area contributed by atoms with Gasteiger partial charge in [0.25, 0.3) is 11.5 Å². The molecule has 7 heteroatoms. The molecular weight excluding hydrogens is 407 g/mol. The van der Waals surface area contributed by atoms with Gasteiger partial charge in [-0.3, -0.25) is 14.0 Å². The van der Waals surface area contributed by atoms with Crippen LogP contribution in [0.5, 0.6) is 0 Å². The summed E-state index contributed by atoms with van der Waals surface area (Å²) in [5, 5.41) is 2.93. The monoisotopic (exact) mass is 426 g/mol. The molecule has 0 saturated heterocycles. The zero-order valence-corrected chi connectivity index (χ0v) is 17.2. The van der Waals surface area contributed by atoms with Crippen molar-refractivity contribution in [2.75, 3.05) is 5.32 Å². The van der Waals surface area contributed by atoms with E-state index in [9.17, 15) is 14.0 Å². The quantitative estimate of drug-likeness (QED) is 0.463. The van der Waals surface area contributed by atoms with E-state index in [0.717, 1.165) is 11.1 Å². The molecule has 6 nitrogen and oxygen atoms in total. The molecule has 2 aromatic carbocycles. The number of hydrogen-bond donors (Lipinski definition) is 1. The van der Waals surface area contributed by atoms with Crippen molar-refractivity contribution in [1.82, 2.24) is 14.0 Å². The van der Waals surface area contributed by atoms with Gasteiger partial charge in [-0.05, 0) is 42.3 Å². The van der Waals surface area contributed by atoms with Crippen molar-refractivity contribution < 1.29 is 9.18 Å². The second-order valence-electron chi connectivity index (χ2n) is 7.62. The minimum Gasteiger partial charge on any atom is -0.318 e. The Balaban J connectivity index is 1.71. The maximum absolute atomic E-state index is 14.1. The third-order valence-electron chi connectivity index (χ3n) is 5.35. The van der Waals surface area contributed by atoms with E-state index in [0.29, 0.717) is 23.2 Å². The highest BCUT2D eigenvalue weighted by Gasteiger charge is 2.21. The van der Waals surface area contributed by atoms with Gasteiger partial charge in [-0.15, -0.1) is 0 Å². The highest BCUT2D eigenvalue weighted by Crippen LogP contribution is 2.21. The topological polar surface area (TPSA) is 68.4 Å². The molecular formula is C25H19FN4O2. The van der Waals surface area contributed by atoms with Crippen LogP contribution < -0.4 is 10.9 Å². The van der Waals surface area contributed by atoms with Crippen molar-refractivity contribution in [3.05, 3.63) is 112 Å². The van der Waals surface area contributed by atoms with Gasteiger partial charge in [-0.2, -0.15) is 0 Å². The molecule has 0 spiro atoms. The number of halogens is 1. The van der Waals surface area contributed by atoms with Gasteiger partial charge < -0.3 is 9.88 Å². The molecule has 5 rings (SSSR count). The Hall–Kier alpha value is -4.26. The normalized spacial score (nSPS) is 11.2. The van der Waals surface area contributed by atoms with Crippen molar-refractivity contribution in [1.29, 1.82) is 0 Å². The van der Waals surface area contributed by atoms with Crippen LogP contribution >= 0.6 is 0 Å². The van der Waals surface area contributed by atoms with Crippen LogP contribution in [0.25, 0.3) is 16.7 Å². The van der Waals surface area contributed by atoms with E-state index in [-0.39, 0.29) is 16.9 Å². The summed E-state index contributed by atoms with van der Waals surface area (Å²) in [5.41, 5.74) is 2.78. The molecule has 158 valence electrons. The zero-order valence-electron chi connectivity index (χ0n) is 17.2. The zero-order chi connectivity index (χ0) is 22.2. The molecule has 0 aliphatic rings. The van der Waals surface area contributed by atoms with Gasteiger partial charge in [0.1, 0.15) is 22.8 Å². The average Bonchev–Trinajstić information content (AvgIpc) is 3.15. The molecule has 1 N–H and O–H groups in total. The fraction of sp³-hybridized carbons (Fsp3) is 0.0800. The lowest BCUT2D eigenvalue weighted by atomic mass is 10.2. The second-order valence-corrected chi connectivity index (χ2v) is 7.62. The largest absolute Gasteiger partial charge is 0.318 e. The highest BCUT2D eigenvalue weighted by molar-refractivity contribution is 6.06. The number of benzene rings is 2. The number of anilines is 1. The number of nitrogens with one attached hydrogen (secondary N) is 1. The Morgan fingerprint density at radius 3 is 2.56 bits per heavy atom. The molecule has 5 aromatic rings. The number of pyridine rings is 1. The summed E-state index contributed by atoms with van der Waals surface area (Å²) in [6.45, 7) is 2.22. The first kappa shape index (κ1) is 19.7. The van der Waals surface area contributed by atoms with Crippen molar-refractivity contribution in [3.8, 4) is 0 Å². The molecule has 0 fully saturated rings. The molecule has 32 heavy (non-hydrogen) atoms. The number of aromatic nitrogens is 3. The molecule has 0 aliphatic heterocycles. The van der Waals surface area contributed by atoms with Crippen LogP contribution in [-0.2, 0) is 6.54 Å². The smallest absolute Gasteiger partial charge is 0.272 e. The SMILES string of the molecule is Cc1ccc2nc3c(cc(C(=O)Nc4ccccc4F)n3Cc3ccccc3)c(=O)n2c1. The standard InChI is InChI=1S/C25H19FN4O2/c1-16-11-12-22-28-23-18(25(32)30(22)14-16)13-21(29(23)15-17-7-3-2-4-8-17)24(31)27-20-10-6-5-9-19(20)26/h2-14H,15H2,1H3,(H,27,31). The van der Waals surface area contributed by atoms with Crippen molar-refractivity contribution in [3.63, 3.8) is 0 Å². The lowest BCUT2D eigenvalue weighted by Crippen LogP contribution is -2.19. The van der Waals surface area contributed by atoms with Crippen LogP contribution in [-0.4, -0.2) is 19.9 Å². The van der Waals surface area contributed by atoms with E-state index < -0.39 is 11.7 Å². The van der Waals surface area contributed by atoms with Gasteiger partial charge >= 0.3 is 0 Å². The molecule has 0 aliphatic carbocycles.